The smallest absolute Gasteiger partial charge is 0.364 e. The molecule has 106 valence electrons. The van der Waals surface area contributed by atoms with E-state index >= 15 is 0 Å². The molecule has 1 saturated carbocycles. The molecular formula is C12H17F3N4. The van der Waals surface area contributed by atoms with Gasteiger partial charge in [-0.2, -0.15) is 13.2 Å². The van der Waals surface area contributed by atoms with Gasteiger partial charge in [0, 0.05) is 12.1 Å². The number of halogens is 3. The zero-order valence-corrected chi connectivity index (χ0v) is 10.7. The van der Waals surface area contributed by atoms with Crippen molar-refractivity contribution in [1.29, 1.82) is 0 Å². The second-order valence-electron chi connectivity index (χ2n) is 4.75. The fraction of sp³-hybridized carbons (Fsp3) is 0.667. The maximum Gasteiger partial charge on any atom is 0.434 e. The van der Waals surface area contributed by atoms with Gasteiger partial charge in [0.25, 0.3) is 0 Å². The number of rotatable bonds is 3. The maximum atomic E-state index is 12.6. The van der Waals surface area contributed by atoms with Crippen LogP contribution in [0.25, 0.3) is 0 Å². The molecule has 19 heavy (non-hydrogen) atoms. The van der Waals surface area contributed by atoms with Gasteiger partial charge in [0.05, 0.1) is 11.9 Å². The third kappa shape index (κ3) is 3.15. The third-order valence-corrected chi connectivity index (χ3v) is 3.36. The molecule has 2 rings (SSSR count). The van der Waals surface area contributed by atoms with Crippen molar-refractivity contribution in [2.24, 2.45) is 5.73 Å². The van der Waals surface area contributed by atoms with Crippen molar-refractivity contribution in [3.05, 3.63) is 17.6 Å². The first-order chi connectivity index (χ1) is 8.91. The summed E-state index contributed by atoms with van der Waals surface area (Å²) >= 11 is 0. The molecule has 0 amide bonds. The van der Waals surface area contributed by atoms with Crippen molar-refractivity contribution in [2.45, 2.75) is 50.9 Å². The lowest BCUT2D eigenvalue weighted by Gasteiger charge is -2.19. The fourth-order valence-electron chi connectivity index (χ4n) is 2.27. The van der Waals surface area contributed by atoms with Gasteiger partial charge in [-0.15, -0.1) is 0 Å². The van der Waals surface area contributed by atoms with Gasteiger partial charge >= 0.3 is 6.18 Å². The first-order valence-electron chi connectivity index (χ1n) is 6.37. The monoisotopic (exact) mass is 274 g/mol. The first kappa shape index (κ1) is 14.0. The predicted octanol–water partition coefficient (Wildman–Crippen LogP) is 2.35. The van der Waals surface area contributed by atoms with Crippen LogP contribution >= 0.6 is 0 Å². The van der Waals surface area contributed by atoms with E-state index in [9.17, 15) is 13.2 Å². The highest BCUT2D eigenvalue weighted by Crippen LogP contribution is 2.29. The Balaban J connectivity index is 2.21. The molecular weight excluding hydrogens is 257 g/mol. The number of hydrogen-bond donors (Lipinski definition) is 2. The number of nitrogens with one attached hydrogen (secondary N) is 1. The number of nitrogens with zero attached hydrogens (tertiary/aromatic N) is 2. The molecule has 1 aliphatic carbocycles. The summed E-state index contributed by atoms with van der Waals surface area (Å²) in [5.74, 6) is 0.415. The average Bonchev–Trinajstić information content (AvgIpc) is 2.74. The summed E-state index contributed by atoms with van der Waals surface area (Å²) in [7, 11) is 0. The van der Waals surface area contributed by atoms with E-state index < -0.39 is 11.9 Å². The Morgan fingerprint density at radius 2 is 2.16 bits per heavy atom. The molecule has 0 aromatic carbocycles. The molecule has 0 saturated heterocycles. The van der Waals surface area contributed by atoms with Crippen molar-refractivity contribution in [3.8, 4) is 0 Å². The average molecular weight is 274 g/mol. The Kier molecular flexibility index (Phi) is 3.93. The lowest BCUT2D eigenvalue weighted by molar-refractivity contribution is -0.141. The van der Waals surface area contributed by atoms with Crippen molar-refractivity contribution >= 4 is 5.82 Å². The molecule has 1 fully saturated rings. The summed E-state index contributed by atoms with van der Waals surface area (Å²) in [5.41, 5.74) is 5.30. The maximum absolute atomic E-state index is 12.6. The van der Waals surface area contributed by atoms with Crippen molar-refractivity contribution in [3.63, 3.8) is 0 Å². The van der Waals surface area contributed by atoms with Crippen LogP contribution in [0.15, 0.2) is 6.20 Å². The molecule has 0 radical (unpaired) electrons. The third-order valence-electron chi connectivity index (χ3n) is 3.36. The van der Waals surface area contributed by atoms with Gasteiger partial charge in [-0.1, -0.05) is 6.92 Å². The number of hydrogen-bond acceptors (Lipinski definition) is 4. The molecule has 1 aromatic heterocycles. The number of alkyl halides is 3. The zero-order chi connectivity index (χ0) is 14.0. The van der Waals surface area contributed by atoms with Crippen LogP contribution in [-0.4, -0.2) is 22.1 Å². The second kappa shape index (κ2) is 5.32. The van der Waals surface area contributed by atoms with Gasteiger partial charge in [0.2, 0.25) is 0 Å². The topological polar surface area (TPSA) is 63.8 Å². The molecule has 1 aliphatic rings. The Morgan fingerprint density at radius 3 is 2.68 bits per heavy atom. The van der Waals surface area contributed by atoms with Crippen LogP contribution in [-0.2, 0) is 12.6 Å². The molecule has 0 bridgehead atoms. The summed E-state index contributed by atoms with van der Waals surface area (Å²) in [5, 5.41) is 3.12. The van der Waals surface area contributed by atoms with Crippen LogP contribution < -0.4 is 11.1 Å². The number of anilines is 1. The summed E-state index contributed by atoms with van der Waals surface area (Å²) in [6.45, 7) is 1.75. The minimum atomic E-state index is -4.46. The van der Waals surface area contributed by atoms with E-state index in [1.165, 1.54) is 0 Å². The Bertz CT molecular complexity index is 447. The zero-order valence-electron chi connectivity index (χ0n) is 10.7. The minimum Gasteiger partial charge on any atom is -0.364 e. The largest absolute Gasteiger partial charge is 0.434 e. The van der Waals surface area contributed by atoms with Gasteiger partial charge < -0.3 is 11.1 Å². The highest BCUT2D eigenvalue weighted by atomic mass is 19.4. The Morgan fingerprint density at radius 1 is 1.42 bits per heavy atom. The molecule has 3 N–H and O–H groups in total. The van der Waals surface area contributed by atoms with E-state index in [4.69, 9.17) is 5.73 Å². The van der Waals surface area contributed by atoms with Crippen molar-refractivity contribution in [2.75, 3.05) is 5.32 Å². The summed E-state index contributed by atoms with van der Waals surface area (Å²) in [6, 6.07) is 0.0881. The molecule has 0 aliphatic heterocycles. The molecule has 2 unspecified atom stereocenters. The number of aryl methyl sites for hydroxylation is 1. The van der Waals surface area contributed by atoms with Crippen LogP contribution in [0.3, 0.4) is 0 Å². The minimum absolute atomic E-state index is 0.0220. The Labute approximate surface area is 109 Å². The molecule has 1 aromatic rings. The van der Waals surface area contributed by atoms with Crippen LogP contribution in [0.4, 0.5) is 19.0 Å². The normalized spacial score (nSPS) is 23.6. The lowest BCUT2D eigenvalue weighted by Crippen LogP contribution is -2.36. The standard InChI is InChI=1S/C12H17F3N4/c1-2-8-11(19-9-5-3-4-7(9)16)17-6-10(18-8)12(13,14)15/h6-7,9H,2-5,16H2,1H3,(H,17,19). The van der Waals surface area contributed by atoms with Gasteiger partial charge in [-0.05, 0) is 25.7 Å². The Hall–Kier alpha value is -1.37. The molecule has 1 heterocycles. The van der Waals surface area contributed by atoms with Crippen molar-refractivity contribution in [1.82, 2.24) is 9.97 Å². The summed E-state index contributed by atoms with van der Waals surface area (Å²) in [6.07, 6.45) is -0.447. The number of nitrogens with two attached hydrogens (primary N) is 1. The van der Waals surface area contributed by atoms with E-state index in [2.05, 4.69) is 15.3 Å². The summed E-state index contributed by atoms with van der Waals surface area (Å²) < 4.78 is 37.7. The van der Waals surface area contributed by atoms with Crippen LogP contribution in [0.1, 0.15) is 37.6 Å². The van der Waals surface area contributed by atoms with E-state index in [-0.39, 0.29) is 12.1 Å². The second-order valence-corrected chi connectivity index (χ2v) is 4.75. The fourth-order valence-corrected chi connectivity index (χ4v) is 2.27. The van der Waals surface area contributed by atoms with Crippen LogP contribution in [0.2, 0.25) is 0 Å². The number of aromatic nitrogens is 2. The SMILES string of the molecule is CCc1nc(C(F)(F)F)cnc1NC1CCCC1N. The van der Waals surface area contributed by atoms with E-state index in [1.54, 1.807) is 6.92 Å². The summed E-state index contributed by atoms with van der Waals surface area (Å²) in [4.78, 5) is 7.50. The van der Waals surface area contributed by atoms with E-state index in [1.807, 2.05) is 0 Å². The quantitative estimate of drug-likeness (QED) is 0.888. The highest BCUT2D eigenvalue weighted by molar-refractivity contribution is 5.42. The van der Waals surface area contributed by atoms with Gasteiger partial charge in [-0.3, -0.25) is 0 Å². The molecule has 7 heteroatoms. The van der Waals surface area contributed by atoms with Crippen LogP contribution in [0, 0.1) is 0 Å². The van der Waals surface area contributed by atoms with Crippen molar-refractivity contribution < 1.29 is 13.2 Å². The molecule has 4 nitrogen and oxygen atoms in total. The highest BCUT2D eigenvalue weighted by Gasteiger charge is 2.34. The van der Waals surface area contributed by atoms with E-state index in [0.717, 1.165) is 25.5 Å². The van der Waals surface area contributed by atoms with Gasteiger partial charge in [-0.25, -0.2) is 9.97 Å². The molecule has 0 spiro atoms. The predicted molar refractivity (Wildman–Crippen MR) is 65.6 cm³/mol. The van der Waals surface area contributed by atoms with Gasteiger partial charge in [0.15, 0.2) is 5.69 Å². The van der Waals surface area contributed by atoms with E-state index in [0.29, 0.717) is 17.9 Å². The van der Waals surface area contributed by atoms with Gasteiger partial charge in [0.1, 0.15) is 5.82 Å². The lowest BCUT2D eigenvalue weighted by atomic mass is 10.2. The first-order valence-corrected chi connectivity index (χ1v) is 6.37. The molecule has 2 atom stereocenters. The van der Waals surface area contributed by atoms with Crippen LogP contribution in [0.5, 0.6) is 0 Å².